The highest BCUT2D eigenvalue weighted by Gasteiger charge is 2.19. The molecule has 134 valence electrons. The van der Waals surface area contributed by atoms with Crippen molar-refractivity contribution in [2.75, 3.05) is 36.0 Å². The summed E-state index contributed by atoms with van der Waals surface area (Å²) in [7, 11) is 0. The van der Waals surface area contributed by atoms with Crippen molar-refractivity contribution in [2.24, 2.45) is 0 Å². The van der Waals surface area contributed by atoms with E-state index >= 15 is 0 Å². The number of H-pyrrole nitrogens is 1. The number of hydrogen-bond donors (Lipinski definition) is 2. The van der Waals surface area contributed by atoms with Gasteiger partial charge in [-0.25, -0.2) is 0 Å². The lowest BCUT2D eigenvalue weighted by atomic mass is 10.1. The third kappa shape index (κ3) is 3.03. The maximum Gasteiger partial charge on any atom is 0.198 e. The van der Waals surface area contributed by atoms with Crippen LogP contribution in [0.4, 0.5) is 11.4 Å². The summed E-state index contributed by atoms with van der Waals surface area (Å²) in [4.78, 5) is 5.28. The number of benzene rings is 2. The minimum Gasteiger partial charge on any atom is -0.691 e. The first-order chi connectivity index (χ1) is 12.6. The van der Waals surface area contributed by atoms with Crippen molar-refractivity contribution in [3.63, 3.8) is 0 Å². The molecule has 0 radical (unpaired) electrons. The number of rotatable bonds is 3. The first-order valence-electron chi connectivity index (χ1n) is 8.66. The summed E-state index contributed by atoms with van der Waals surface area (Å²) in [6.45, 7) is 5.49. The number of aromatic hydroxyl groups is 1. The molecule has 7 nitrogen and oxygen atoms in total. The second-order valence-electron chi connectivity index (χ2n) is 6.48. The van der Waals surface area contributed by atoms with Crippen LogP contribution in [0.3, 0.4) is 0 Å². The van der Waals surface area contributed by atoms with Crippen LogP contribution < -0.4 is 14.6 Å². The molecular weight excluding hydrogens is 330 g/mol. The number of nitrogens with one attached hydrogen (secondary N) is 1. The molecule has 2 aromatic carbocycles. The zero-order chi connectivity index (χ0) is 18.1. The Hall–Kier alpha value is -3.22. The van der Waals surface area contributed by atoms with Crippen molar-refractivity contribution >= 4 is 11.4 Å². The quantitative estimate of drug-likeness (QED) is 0.557. The fraction of sp³-hybridized carbons (Fsp3) is 0.263. The highest BCUT2D eigenvalue weighted by molar-refractivity contribution is 5.64. The number of aromatic nitrogens is 3. The Kier molecular flexibility index (Phi) is 4.12. The van der Waals surface area contributed by atoms with Gasteiger partial charge in [-0.3, -0.25) is 0 Å². The van der Waals surface area contributed by atoms with Crippen LogP contribution in [0.1, 0.15) is 5.69 Å². The highest BCUT2D eigenvalue weighted by Crippen LogP contribution is 2.25. The molecular formula is C19H21N5O2. The monoisotopic (exact) mass is 351 g/mol. The predicted octanol–water partition coefficient (Wildman–Crippen LogP) is 2.05. The molecule has 0 atom stereocenters. The largest absolute Gasteiger partial charge is 0.691 e. The van der Waals surface area contributed by atoms with Gasteiger partial charge in [-0.2, -0.15) is 0 Å². The lowest BCUT2D eigenvalue weighted by Crippen LogP contribution is -2.46. The molecule has 4 rings (SSSR count). The Bertz CT molecular complexity index is 881. The summed E-state index contributed by atoms with van der Waals surface area (Å²) >= 11 is 0. The molecule has 2 N–H and O–H groups in total. The van der Waals surface area contributed by atoms with Crippen LogP contribution in [0.5, 0.6) is 5.75 Å². The van der Waals surface area contributed by atoms with Gasteiger partial charge in [-0.15, -0.1) is 9.94 Å². The van der Waals surface area contributed by atoms with Gasteiger partial charge in [-0.05, 0) is 48.5 Å². The Labute approximate surface area is 151 Å². The molecule has 0 bridgehead atoms. The van der Waals surface area contributed by atoms with E-state index in [0.29, 0.717) is 16.3 Å². The van der Waals surface area contributed by atoms with Crippen LogP contribution in [0.15, 0.2) is 48.5 Å². The molecule has 7 heteroatoms. The van der Waals surface area contributed by atoms with E-state index in [1.807, 2.05) is 24.3 Å². The number of piperazine rings is 1. The average molecular weight is 351 g/mol. The summed E-state index contributed by atoms with van der Waals surface area (Å²) in [6, 6.07) is 15.6. The third-order valence-corrected chi connectivity index (χ3v) is 4.92. The summed E-state index contributed by atoms with van der Waals surface area (Å²) in [6.07, 6.45) is 0. The molecule has 0 spiro atoms. The smallest absolute Gasteiger partial charge is 0.198 e. The molecule has 26 heavy (non-hydrogen) atoms. The molecule has 1 aliphatic heterocycles. The average Bonchev–Trinajstić information content (AvgIpc) is 3.02. The fourth-order valence-corrected chi connectivity index (χ4v) is 3.35. The van der Waals surface area contributed by atoms with Gasteiger partial charge < -0.3 is 20.1 Å². The Morgan fingerprint density at radius 2 is 1.42 bits per heavy atom. The molecule has 3 aromatic rings. The molecule has 2 heterocycles. The van der Waals surface area contributed by atoms with Crippen molar-refractivity contribution in [3.05, 3.63) is 59.4 Å². The molecule has 0 amide bonds. The van der Waals surface area contributed by atoms with Crippen LogP contribution >= 0.6 is 0 Å². The number of aromatic amines is 1. The molecule has 1 aromatic heterocycles. The van der Waals surface area contributed by atoms with Gasteiger partial charge in [0.15, 0.2) is 11.4 Å². The van der Waals surface area contributed by atoms with Gasteiger partial charge in [0, 0.05) is 50.0 Å². The Morgan fingerprint density at radius 1 is 0.923 bits per heavy atom. The molecule has 1 fully saturated rings. The van der Waals surface area contributed by atoms with Crippen LogP contribution in [0, 0.1) is 12.1 Å². The van der Waals surface area contributed by atoms with E-state index in [-0.39, 0.29) is 0 Å². The highest BCUT2D eigenvalue weighted by atomic mass is 16.5. The van der Waals surface area contributed by atoms with Crippen LogP contribution in [-0.2, 0) is 0 Å². The topological polar surface area (TPSA) is 82.3 Å². The van der Waals surface area contributed by atoms with Gasteiger partial charge in [0.2, 0.25) is 0 Å². The maximum atomic E-state index is 11.4. The van der Waals surface area contributed by atoms with E-state index < -0.39 is 0 Å². The second-order valence-corrected chi connectivity index (χ2v) is 6.48. The summed E-state index contributed by atoms with van der Waals surface area (Å²) in [5.41, 5.74) is 4.59. The third-order valence-electron chi connectivity index (χ3n) is 4.92. The van der Waals surface area contributed by atoms with Crippen LogP contribution in [-0.4, -0.2) is 41.6 Å². The number of phenolic OH excluding ortho intramolecular Hbond substituents is 1. The van der Waals surface area contributed by atoms with Crippen LogP contribution in [0.25, 0.3) is 11.3 Å². The summed E-state index contributed by atoms with van der Waals surface area (Å²) < 4.78 is 0. The van der Waals surface area contributed by atoms with Gasteiger partial charge in [0.05, 0.1) is 5.21 Å². The molecule has 1 aliphatic rings. The number of nitrogens with zero attached hydrogens (tertiary/aromatic N) is 4. The predicted molar refractivity (Wildman–Crippen MR) is 100 cm³/mol. The Balaban J connectivity index is 1.43. The van der Waals surface area contributed by atoms with Gasteiger partial charge in [-0.1, -0.05) is 0 Å². The first-order valence-corrected chi connectivity index (χ1v) is 8.66. The summed E-state index contributed by atoms with van der Waals surface area (Å²) in [5.74, 6) is 0.294. The van der Waals surface area contributed by atoms with Crippen molar-refractivity contribution < 1.29 is 9.95 Å². The van der Waals surface area contributed by atoms with E-state index in [0.717, 1.165) is 43.1 Å². The SMILES string of the molecule is Cc1c(-c2ccc(N3CCN(c4ccc(O)cc4)CC3)cc2)[nH]n[n+]1[O-]. The molecule has 0 unspecified atom stereocenters. The standard InChI is InChI=1S/C19H21N5O2/c1-14-19(20-21-24(14)26)15-2-4-16(5-3-15)22-10-12-23(13-11-22)17-6-8-18(25)9-7-17/h2-9,20,25H,10-13H2,1H3. The van der Waals surface area contributed by atoms with Crippen molar-refractivity contribution in [3.8, 4) is 17.0 Å². The summed E-state index contributed by atoms with van der Waals surface area (Å²) in [5, 5.41) is 27.3. The van der Waals surface area contributed by atoms with Crippen LogP contribution in [0.2, 0.25) is 0 Å². The fourth-order valence-electron chi connectivity index (χ4n) is 3.35. The molecule has 0 aliphatic carbocycles. The second kappa shape index (κ2) is 6.59. The van der Waals surface area contributed by atoms with E-state index in [4.69, 9.17) is 0 Å². The number of phenols is 1. The lowest BCUT2D eigenvalue weighted by molar-refractivity contribution is -0.674. The first kappa shape index (κ1) is 16.3. The van der Waals surface area contributed by atoms with Gasteiger partial charge in [0.25, 0.3) is 0 Å². The zero-order valence-electron chi connectivity index (χ0n) is 14.6. The van der Waals surface area contributed by atoms with E-state index in [1.54, 1.807) is 19.1 Å². The number of hydrogen-bond acceptors (Lipinski definition) is 5. The van der Waals surface area contributed by atoms with Gasteiger partial charge >= 0.3 is 0 Å². The van der Waals surface area contributed by atoms with Crippen molar-refractivity contribution in [2.45, 2.75) is 6.92 Å². The number of anilines is 2. The van der Waals surface area contributed by atoms with E-state index in [2.05, 4.69) is 32.2 Å². The minimum atomic E-state index is 0.294. The van der Waals surface area contributed by atoms with E-state index in [9.17, 15) is 10.3 Å². The zero-order valence-corrected chi connectivity index (χ0v) is 14.6. The van der Waals surface area contributed by atoms with Gasteiger partial charge in [0.1, 0.15) is 5.75 Å². The lowest BCUT2D eigenvalue weighted by Gasteiger charge is -2.37. The van der Waals surface area contributed by atoms with Crippen molar-refractivity contribution in [1.82, 2.24) is 10.3 Å². The molecule has 0 saturated carbocycles. The molecule has 1 saturated heterocycles. The maximum absolute atomic E-state index is 11.4. The van der Waals surface area contributed by atoms with E-state index in [1.165, 1.54) is 5.69 Å². The Morgan fingerprint density at radius 3 is 1.88 bits per heavy atom. The normalized spacial score (nSPS) is 14.7. The van der Waals surface area contributed by atoms with Crippen molar-refractivity contribution in [1.29, 1.82) is 0 Å². The minimum absolute atomic E-state index is 0.294.